The van der Waals surface area contributed by atoms with Crippen molar-refractivity contribution in [2.24, 2.45) is 10.9 Å². The fraction of sp³-hybridized carbons (Fsp3) is 0.304. The van der Waals surface area contributed by atoms with Crippen LogP contribution in [0.5, 0.6) is 0 Å². The van der Waals surface area contributed by atoms with Crippen molar-refractivity contribution in [1.29, 1.82) is 10.7 Å². The zero-order valence-electron chi connectivity index (χ0n) is 16.4. The van der Waals surface area contributed by atoms with Crippen LogP contribution in [0.2, 0.25) is 0 Å². The molecule has 0 heterocycles. The summed E-state index contributed by atoms with van der Waals surface area (Å²) in [7, 11) is 0. The number of nitriles is 1. The molecule has 0 saturated carbocycles. The number of carbonyl (C=O) groups is 1. The first kappa shape index (κ1) is 22.0. The topological polar surface area (TPSA) is 77.1 Å². The van der Waals surface area contributed by atoms with E-state index in [4.69, 9.17) is 10.4 Å². The smallest absolute Gasteiger partial charge is 0.194 e. The molecule has 0 aromatic heterocycles. The molecule has 0 saturated heterocycles. The Labute approximate surface area is 162 Å². The third-order valence-electron chi connectivity index (χ3n) is 4.38. The molecule has 0 amide bonds. The summed E-state index contributed by atoms with van der Waals surface area (Å²) in [4.78, 5) is 17.4. The Kier molecular flexibility index (Phi) is 8.81. The van der Waals surface area contributed by atoms with Crippen LogP contribution in [0.15, 0.2) is 59.8 Å². The molecule has 140 valence electrons. The van der Waals surface area contributed by atoms with E-state index in [-0.39, 0.29) is 17.3 Å². The summed E-state index contributed by atoms with van der Waals surface area (Å²) in [6, 6.07) is 7.05. The molecule has 0 aliphatic rings. The predicted octanol–water partition coefficient (Wildman–Crippen LogP) is 5.65. The van der Waals surface area contributed by atoms with Crippen LogP contribution in [0, 0.1) is 22.7 Å². The minimum atomic E-state index is -0.366. The summed E-state index contributed by atoms with van der Waals surface area (Å²) < 4.78 is 0. The molecule has 0 fully saturated rings. The second kappa shape index (κ2) is 10.8. The van der Waals surface area contributed by atoms with Crippen molar-refractivity contribution in [1.82, 2.24) is 0 Å². The average Bonchev–Trinajstić information content (AvgIpc) is 2.71. The second-order valence-electron chi connectivity index (χ2n) is 6.35. The van der Waals surface area contributed by atoms with E-state index >= 15 is 0 Å². The van der Waals surface area contributed by atoms with Gasteiger partial charge in [-0.2, -0.15) is 5.26 Å². The number of ketones is 1. The van der Waals surface area contributed by atoms with Crippen LogP contribution in [0.1, 0.15) is 61.5 Å². The molecule has 4 heteroatoms. The van der Waals surface area contributed by atoms with Gasteiger partial charge in [0.1, 0.15) is 0 Å². The van der Waals surface area contributed by atoms with Gasteiger partial charge in [-0.1, -0.05) is 52.5 Å². The SMILES string of the molecule is C=C/C(=C\N=C(\c1ccc(C#N)cc1C(=O)C(=C)C=N)C(C)CC)CCC. The summed E-state index contributed by atoms with van der Waals surface area (Å²) in [6.07, 6.45) is 7.25. The third kappa shape index (κ3) is 5.72. The Hall–Kier alpha value is -3.06. The zero-order valence-corrected chi connectivity index (χ0v) is 16.4. The Morgan fingerprint density at radius 3 is 2.59 bits per heavy atom. The number of carbonyl (C=O) groups excluding carboxylic acids is 1. The summed E-state index contributed by atoms with van der Waals surface area (Å²) in [6.45, 7) is 13.7. The molecule has 1 N–H and O–H groups in total. The van der Waals surface area contributed by atoms with Crippen molar-refractivity contribution in [3.63, 3.8) is 0 Å². The minimum absolute atomic E-state index is 0.0724. The fourth-order valence-corrected chi connectivity index (χ4v) is 2.58. The highest BCUT2D eigenvalue weighted by Gasteiger charge is 2.20. The summed E-state index contributed by atoms with van der Waals surface area (Å²) in [5.41, 5.74) is 3.29. The molecule has 0 spiro atoms. The predicted molar refractivity (Wildman–Crippen MR) is 113 cm³/mol. The highest BCUT2D eigenvalue weighted by Crippen LogP contribution is 2.22. The van der Waals surface area contributed by atoms with Crippen molar-refractivity contribution in [3.05, 3.63) is 71.5 Å². The van der Waals surface area contributed by atoms with E-state index in [0.717, 1.165) is 36.8 Å². The molecule has 0 bridgehead atoms. The molecule has 1 unspecified atom stereocenters. The standard InChI is InChI=1S/C23H27N3O/c1-6-9-18(8-3)15-26-22(16(4)7-2)20-11-10-19(14-25)12-21(20)23(27)17(5)13-24/h8,10-13,15-16,24H,3,5-7,9H2,1-2,4H3/b18-15+,24-13?,26-22+. The van der Waals surface area contributed by atoms with Crippen molar-refractivity contribution < 1.29 is 4.79 Å². The van der Waals surface area contributed by atoms with Crippen LogP contribution in [0.3, 0.4) is 0 Å². The monoisotopic (exact) mass is 361 g/mol. The number of hydrogen-bond donors (Lipinski definition) is 1. The molecule has 27 heavy (non-hydrogen) atoms. The number of nitrogens with zero attached hydrogens (tertiary/aromatic N) is 2. The summed E-state index contributed by atoms with van der Waals surface area (Å²) in [5, 5.41) is 16.5. The lowest BCUT2D eigenvalue weighted by Gasteiger charge is -2.16. The maximum absolute atomic E-state index is 12.7. The number of allylic oxidation sites excluding steroid dienone is 3. The molecule has 1 aromatic carbocycles. The highest BCUT2D eigenvalue weighted by molar-refractivity contribution is 6.24. The van der Waals surface area contributed by atoms with Gasteiger partial charge in [0.2, 0.25) is 0 Å². The molecule has 1 rings (SSSR count). The number of Topliss-reactive ketones (excluding diaryl/α,β-unsaturated/α-hetero) is 1. The van der Waals surface area contributed by atoms with Crippen molar-refractivity contribution in [2.75, 3.05) is 0 Å². The Morgan fingerprint density at radius 1 is 1.37 bits per heavy atom. The van der Waals surface area contributed by atoms with Gasteiger partial charge in [-0.15, -0.1) is 0 Å². The van der Waals surface area contributed by atoms with Gasteiger partial charge < -0.3 is 5.41 Å². The molecule has 0 aliphatic carbocycles. The van der Waals surface area contributed by atoms with Gasteiger partial charge in [-0.05, 0) is 36.5 Å². The molecule has 1 atom stereocenters. The lowest BCUT2D eigenvalue weighted by Crippen LogP contribution is -2.17. The van der Waals surface area contributed by atoms with E-state index < -0.39 is 0 Å². The first-order valence-corrected chi connectivity index (χ1v) is 9.11. The highest BCUT2D eigenvalue weighted by atomic mass is 16.1. The summed E-state index contributed by atoms with van der Waals surface area (Å²) in [5.74, 6) is -0.253. The molecule has 4 nitrogen and oxygen atoms in total. The van der Waals surface area contributed by atoms with Crippen molar-refractivity contribution in [3.8, 4) is 6.07 Å². The van der Waals surface area contributed by atoms with Crippen LogP contribution in [0.25, 0.3) is 0 Å². The van der Waals surface area contributed by atoms with E-state index in [9.17, 15) is 10.1 Å². The van der Waals surface area contributed by atoms with E-state index in [2.05, 4.69) is 40.0 Å². The van der Waals surface area contributed by atoms with Gasteiger partial charge in [0.15, 0.2) is 5.78 Å². The lowest BCUT2D eigenvalue weighted by molar-refractivity contribution is 0.104. The van der Waals surface area contributed by atoms with Crippen LogP contribution < -0.4 is 0 Å². The molecular weight excluding hydrogens is 334 g/mol. The van der Waals surface area contributed by atoms with E-state index in [1.54, 1.807) is 30.5 Å². The number of hydrogen-bond acceptors (Lipinski definition) is 4. The maximum Gasteiger partial charge on any atom is 0.194 e. The van der Waals surface area contributed by atoms with Crippen LogP contribution in [-0.4, -0.2) is 17.7 Å². The minimum Gasteiger partial charge on any atom is -0.308 e. The third-order valence-corrected chi connectivity index (χ3v) is 4.38. The molecule has 1 aromatic rings. The van der Waals surface area contributed by atoms with E-state index in [0.29, 0.717) is 16.7 Å². The van der Waals surface area contributed by atoms with Crippen LogP contribution >= 0.6 is 0 Å². The van der Waals surface area contributed by atoms with Gasteiger partial charge in [0.05, 0.1) is 17.3 Å². The van der Waals surface area contributed by atoms with E-state index in [1.807, 2.05) is 0 Å². The van der Waals surface area contributed by atoms with E-state index in [1.165, 1.54) is 0 Å². The number of benzene rings is 1. The van der Waals surface area contributed by atoms with Crippen molar-refractivity contribution in [2.45, 2.75) is 40.0 Å². The largest absolute Gasteiger partial charge is 0.308 e. The van der Waals surface area contributed by atoms with Gasteiger partial charge >= 0.3 is 0 Å². The summed E-state index contributed by atoms with van der Waals surface area (Å²) >= 11 is 0. The van der Waals surface area contributed by atoms with Crippen LogP contribution in [0.4, 0.5) is 0 Å². The van der Waals surface area contributed by atoms with Crippen LogP contribution in [-0.2, 0) is 0 Å². The molecular formula is C23H27N3O. The van der Waals surface area contributed by atoms with Gasteiger partial charge in [0.25, 0.3) is 0 Å². The first-order valence-electron chi connectivity index (χ1n) is 9.11. The molecule has 0 radical (unpaired) electrons. The maximum atomic E-state index is 12.7. The molecule has 0 aliphatic heterocycles. The number of nitrogens with one attached hydrogen (secondary N) is 1. The zero-order chi connectivity index (χ0) is 20.4. The second-order valence-corrected chi connectivity index (χ2v) is 6.35. The van der Waals surface area contributed by atoms with Gasteiger partial charge in [-0.3, -0.25) is 9.79 Å². The number of aliphatic imine (C=N–C) groups is 1. The fourth-order valence-electron chi connectivity index (χ4n) is 2.58. The Bertz CT molecular complexity index is 838. The van der Waals surface area contributed by atoms with Gasteiger partial charge in [0, 0.05) is 29.1 Å². The Balaban J connectivity index is 3.65. The van der Waals surface area contributed by atoms with Gasteiger partial charge in [-0.25, -0.2) is 0 Å². The number of rotatable bonds is 10. The normalized spacial score (nSPS) is 12.8. The quantitative estimate of drug-likeness (QED) is 0.253. The Morgan fingerprint density at radius 2 is 2.07 bits per heavy atom. The lowest BCUT2D eigenvalue weighted by atomic mass is 9.88. The van der Waals surface area contributed by atoms with Crippen molar-refractivity contribution >= 4 is 17.7 Å². The first-order chi connectivity index (χ1) is 12.9. The average molecular weight is 361 g/mol.